The fraction of sp³-hybridized carbons (Fsp3) is 0.917. The molecule has 15 heavy (non-hydrogen) atoms. The highest BCUT2D eigenvalue weighted by atomic mass is 16.1. The zero-order chi connectivity index (χ0) is 11.5. The zero-order valence-corrected chi connectivity index (χ0v) is 10.2. The van der Waals surface area contributed by atoms with Crippen molar-refractivity contribution in [3.05, 3.63) is 0 Å². The molecule has 3 N–H and O–H groups in total. The third-order valence-electron chi connectivity index (χ3n) is 3.49. The monoisotopic (exact) mass is 212 g/mol. The van der Waals surface area contributed by atoms with Gasteiger partial charge in [-0.15, -0.1) is 0 Å². The summed E-state index contributed by atoms with van der Waals surface area (Å²) in [5.74, 6) is 1.28. The van der Waals surface area contributed by atoms with Gasteiger partial charge in [0.05, 0.1) is 5.54 Å². The first-order valence-electron chi connectivity index (χ1n) is 5.96. The van der Waals surface area contributed by atoms with Crippen LogP contribution in [0.4, 0.5) is 0 Å². The molecule has 3 heteroatoms. The Morgan fingerprint density at radius 1 is 1.47 bits per heavy atom. The van der Waals surface area contributed by atoms with E-state index in [2.05, 4.69) is 12.2 Å². The van der Waals surface area contributed by atoms with Crippen LogP contribution in [0.5, 0.6) is 0 Å². The van der Waals surface area contributed by atoms with Gasteiger partial charge in [0.1, 0.15) is 0 Å². The summed E-state index contributed by atoms with van der Waals surface area (Å²) < 4.78 is 0. The first-order chi connectivity index (χ1) is 6.92. The van der Waals surface area contributed by atoms with Gasteiger partial charge >= 0.3 is 0 Å². The number of nitrogens with one attached hydrogen (secondary N) is 1. The standard InChI is InChI=1S/C12H24N2O/c1-9-5-4-6-10(7-9)8-14-12(2,3)11(13)15/h9-10,14H,4-8H2,1-3H3,(H2,13,15). The van der Waals surface area contributed by atoms with Crippen LogP contribution >= 0.6 is 0 Å². The third-order valence-corrected chi connectivity index (χ3v) is 3.49. The number of nitrogens with two attached hydrogens (primary N) is 1. The van der Waals surface area contributed by atoms with Crippen LogP contribution in [0.3, 0.4) is 0 Å². The number of primary amides is 1. The lowest BCUT2D eigenvalue weighted by molar-refractivity contribution is -0.123. The van der Waals surface area contributed by atoms with Crippen molar-refractivity contribution in [3.63, 3.8) is 0 Å². The Morgan fingerprint density at radius 2 is 2.13 bits per heavy atom. The molecule has 0 aromatic rings. The summed E-state index contributed by atoms with van der Waals surface area (Å²) in [6.07, 6.45) is 5.24. The molecule has 88 valence electrons. The molecular formula is C12H24N2O. The number of carbonyl (C=O) groups excluding carboxylic acids is 1. The molecule has 0 radical (unpaired) electrons. The minimum atomic E-state index is -0.569. The maximum absolute atomic E-state index is 11.1. The summed E-state index contributed by atoms with van der Waals surface area (Å²) in [7, 11) is 0. The number of hydrogen-bond donors (Lipinski definition) is 2. The molecule has 1 amide bonds. The molecule has 1 saturated carbocycles. The molecule has 1 aliphatic carbocycles. The van der Waals surface area contributed by atoms with Crippen molar-refractivity contribution in [1.29, 1.82) is 0 Å². The Bertz CT molecular complexity index is 226. The Labute approximate surface area is 92.8 Å². The second-order valence-corrected chi connectivity index (χ2v) is 5.51. The second kappa shape index (κ2) is 4.97. The number of rotatable bonds is 4. The minimum Gasteiger partial charge on any atom is -0.368 e. The van der Waals surface area contributed by atoms with Crippen molar-refractivity contribution < 1.29 is 4.79 Å². The summed E-state index contributed by atoms with van der Waals surface area (Å²) in [5, 5.41) is 3.27. The summed E-state index contributed by atoms with van der Waals surface area (Å²) in [4.78, 5) is 11.1. The number of amides is 1. The van der Waals surface area contributed by atoms with Crippen LogP contribution in [-0.4, -0.2) is 18.0 Å². The van der Waals surface area contributed by atoms with Crippen molar-refractivity contribution in [1.82, 2.24) is 5.32 Å². The van der Waals surface area contributed by atoms with Gasteiger partial charge < -0.3 is 11.1 Å². The quantitative estimate of drug-likeness (QED) is 0.744. The Kier molecular flexibility index (Phi) is 4.14. The van der Waals surface area contributed by atoms with Gasteiger partial charge in [-0.3, -0.25) is 4.79 Å². The molecule has 2 unspecified atom stereocenters. The molecule has 0 aromatic carbocycles. The lowest BCUT2D eigenvalue weighted by Crippen LogP contribution is -2.52. The highest BCUT2D eigenvalue weighted by Gasteiger charge is 2.26. The zero-order valence-electron chi connectivity index (χ0n) is 10.2. The summed E-state index contributed by atoms with van der Waals surface area (Å²) in [6, 6.07) is 0. The fourth-order valence-electron chi connectivity index (χ4n) is 2.23. The lowest BCUT2D eigenvalue weighted by atomic mass is 9.82. The van der Waals surface area contributed by atoms with E-state index < -0.39 is 5.54 Å². The van der Waals surface area contributed by atoms with Gasteiger partial charge in [0.25, 0.3) is 0 Å². The molecule has 0 aliphatic heterocycles. The highest BCUT2D eigenvalue weighted by molar-refractivity contribution is 5.83. The van der Waals surface area contributed by atoms with Gasteiger partial charge in [-0.25, -0.2) is 0 Å². The first kappa shape index (κ1) is 12.5. The first-order valence-corrected chi connectivity index (χ1v) is 5.96. The molecule has 1 aliphatic rings. The van der Waals surface area contributed by atoms with E-state index in [0.29, 0.717) is 5.92 Å². The van der Waals surface area contributed by atoms with Gasteiger partial charge in [-0.2, -0.15) is 0 Å². The predicted molar refractivity (Wildman–Crippen MR) is 62.4 cm³/mol. The fourth-order valence-corrected chi connectivity index (χ4v) is 2.23. The Balaban J connectivity index is 2.33. The van der Waals surface area contributed by atoms with Crippen LogP contribution in [0, 0.1) is 11.8 Å². The van der Waals surface area contributed by atoms with Gasteiger partial charge in [-0.05, 0) is 45.1 Å². The molecule has 1 rings (SSSR count). The molecule has 2 atom stereocenters. The van der Waals surface area contributed by atoms with Crippen LogP contribution in [0.15, 0.2) is 0 Å². The molecular weight excluding hydrogens is 188 g/mol. The van der Waals surface area contributed by atoms with Crippen LogP contribution in [-0.2, 0) is 4.79 Å². The smallest absolute Gasteiger partial charge is 0.237 e. The predicted octanol–water partition coefficient (Wildman–Crippen LogP) is 1.67. The van der Waals surface area contributed by atoms with Gasteiger partial charge in [0.2, 0.25) is 5.91 Å². The van der Waals surface area contributed by atoms with E-state index in [9.17, 15) is 4.79 Å². The van der Waals surface area contributed by atoms with Gasteiger partial charge in [-0.1, -0.05) is 19.8 Å². The normalized spacial score (nSPS) is 27.7. The Morgan fingerprint density at radius 3 is 2.67 bits per heavy atom. The van der Waals surface area contributed by atoms with Crippen molar-refractivity contribution in [2.45, 2.75) is 52.0 Å². The van der Waals surface area contributed by atoms with Crippen LogP contribution < -0.4 is 11.1 Å². The van der Waals surface area contributed by atoms with E-state index in [1.54, 1.807) is 0 Å². The molecule has 1 fully saturated rings. The van der Waals surface area contributed by atoms with Gasteiger partial charge in [0, 0.05) is 0 Å². The van der Waals surface area contributed by atoms with Crippen molar-refractivity contribution in [2.75, 3.05) is 6.54 Å². The van der Waals surface area contributed by atoms with Crippen LogP contribution in [0.25, 0.3) is 0 Å². The molecule has 0 heterocycles. The molecule has 0 aromatic heterocycles. The maximum Gasteiger partial charge on any atom is 0.237 e. The largest absolute Gasteiger partial charge is 0.368 e. The third kappa shape index (κ3) is 3.82. The maximum atomic E-state index is 11.1. The summed E-state index contributed by atoms with van der Waals surface area (Å²) in [5.41, 5.74) is 4.74. The van der Waals surface area contributed by atoms with Crippen LogP contribution in [0.2, 0.25) is 0 Å². The lowest BCUT2D eigenvalue weighted by Gasteiger charge is -2.30. The topological polar surface area (TPSA) is 55.1 Å². The van der Waals surface area contributed by atoms with Crippen molar-refractivity contribution >= 4 is 5.91 Å². The van der Waals surface area contributed by atoms with Crippen molar-refractivity contribution in [3.8, 4) is 0 Å². The molecule has 3 nitrogen and oxygen atoms in total. The van der Waals surface area contributed by atoms with Crippen LogP contribution in [0.1, 0.15) is 46.5 Å². The van der Waals surface area contributed by atoms with E-state index in [1.807, 2.05) is 13.8 Å². The molecule has 0 saturated heterocycles. The second-order valence-electron chi connectivity index (χ2n) is 5.51. The van der Waals surface area contributed by atoms with E-state index in [4.69, 9.17) is 5.73 Å². The summed E-state index contributed by atoms with van der Waals surface area (Å²) in [6.45, 7) is 6.93. The Hall–Kier alpha value is -0.570. The molecule has 0 spiro atoms. The number of hydrogen-bond acceptors (Lipinski definition) is 2. The van der Waals surface area contributed by atoms with Gasteiger partial charge in [0.15, 0.2) is 0 Å². The van der Waals surface area contributed by atoms with E-state index in [1.165, 1.54) is 25.7 Å². The van der Waals surface area contributed by atoms with E-state index in [-0.39, 0.29) is 5.91 Å². The summed E-state index contributed by atoms with van der Waals surface area (Å²) >= 11 is 0. The minimum absolute atomic E-state index is 0.272. The number of carbonyl (C=O) groups is 1. The average molecular weight is 212 g/mol. The highest BCUT2D eigenvalue weighted by Crippen LogP contribution is 2.28. The SMILES string of the molecule is CC1CCCC(CNC(C)(C)C(N)=O)C1. The average Bonchev–Trinajstić information content (AvgIpc) is 2.15. The van der Waals surface area contributed by atoms with E-state index in [0.717, 1.165) is 12.5 Å². The van der Waals surface area contributed by atoms with E-state index >= 15 is 0 Å². The van der Waals surface area contributed by atoms with Crippen molar-refractivity contribution in [2.24, 2.45) is 17.6 Å². The molecule has 0 bridgehead atoms.